The summed E-state index contributed by atoms with van der Waals surface area (Å²) in [6, 6.07) is 8.08. The SMILES string of the molecule is NNc1nc(N2CCOCc3c(Br)cccc32)c2c(F)c(F)ccc2n1. The van der Waals surface area contributed by atoms with E-state index in [1.807, 2.05) is 18.2 Å². The fourth-order valence-electron chi connectivity index (χ4n) is 3.02. The van der Waals surface area contributed by atoms with Crippen LogP contribution < -0.4 is 16.2 Å². The molecule has 1 aliphatic rings. The van der Waals surface area contributed by atoms with E-state index in [4.69, 9.17) is 10.6 Å². The maximum Gasteiger partial charge on any atom is 0.239 e. The van der Waals surface area contributed by atoms with E-state index in [-0.39, 0.29) is 22.7 Å². The Hall–Kier alpha value is -2.36. The van der Waals surface area contributed by atoms with Crippen molar-refractivity contribution in [3.05, 3.63) is 52.0 Å². The fraction of sp³-hybridized carbons (Fsp3) is 0.176. The second kappa shape index (κ2) is 6.75. The molecule has 1 aliphatic heterocycles. The predicted octanol–water partition coefficient (Wildman–Crippen LogP) is 3.62. The van der Waals surface area contributed by atoms with Crippen molar-refractivity contribution < 1.29 is 13.5 Å². The molecule has 2 aromatic carbocycles. The summed E-state index contributed by atoms with van der Waals surface area (Å²) in [5.41, 5.74) is 4.33. The highest BCUT2D eigenvalue weighted by Gasteiger charge is 2.25. The smallest absolute Gasteiger partial charge is 0.239 e. The number of hydrazine groups is 1. The summed E-state index contributed by atoms with van der Waals surface area (Å²) in [7, 11) is 0. The zero-order valence-corrected chi connectivity index (χ0v) is 15.1. The molecular formula is C17H14BrF2N5O. The van der Waals surface area contributed by atoms with E-state index in [9.17, 15) is 8.78 Å². The van der Waals surface area contributed by atoms with E-state index in [2.05, 4.69) is 31.3 Å². The molecule has 0 spiro atoms. The number of halogens is 3. The minimum Gasteiger partial charge on any atom is -0.375 e. The van der Waals surface area contributed by atoms with Crippen LogP contribution in [0.5, 0.6) is 0 Å². The van der Waals surface area contributed by atoms with Crippen molar-refractivity contribution in [2.75, 3.05) is 23.5 Å². The molecule has 134 valence electrons. The number of nitrogen functional groups attached to an aromatic ring is 1. The standard InChI is InChI=1S/C17H14BrF2N5O/c18-10-2-1-3-13-9(10)8-26-7-6-25(13)16-14-12(22-17(23-16)24-21)5-4-11(19)15(14)20/h1-5H,6-8,21H2,(H,22,23,24). The third-order valence-corrected chi connectivity index (χ3v) is 4.95. The number of hydrogen-bond donors (Lipinski definition) is 2. The Kier molecular flexibility index (Phi) is 4.43. The predicted molar refractivity (Wildman–Crippen MR) is 98.1 cm³/mol. The molecule has 0 aliphatic carbocycles. The van der Waals surface area contributed by atoms with E-state index in [0.29, 0.717) is 19.8 Å². The van der Waals surface area contributed by atoms with E-state index < -0.39 is 11.6 Å². The number of anilines is 3. The first kappa shape index (κ1) is 17.1. The van der Waals surface area contributed by atoms with Crippen LogP contribution in [-0.4, -0.2) is 23.1 Å². The Bertz CT molecular complexity index is 1000. The molecule has 9 heteroatoms. The van der Waals surface area contributed by atoms with E-state index in [1.54, 1.807) is 4.90 Å². The van der Waals surface area contributed by atoms with Gasteiger partial charge in [0.05, 0.1) is 24.1 Å². The van der Waals surface area contributed by atoms with Gasteiger partial charge in [0.15, 0.2) is 11.6 Å². The van der Waals surface area contributed by atoms with Gasteiger partial charge in [-0.2, -0.15) is 4.98 Å². The first-order valence-corrected chi connectivity index (χ1v) is 8.64. The second-order valence-electron chi connectivity index (χ2n) is 5.71. The monoisotopic (exact) mass is 421 g/mol. The third-order valence-electron chi connectivity index (χ3n) is 4.21. The van der Waals surface area contributed by atoms with Crippen molar-refractivity contribution in [1.29, 1.82) is 0 Å². The number of rotatable bonds is 2. The lowest BCUT2D eigenvalue weighted by atomic mass is 10.1. The molecule has 0 unspecified atom stereocenters. The summed E-state index contributed by atoms with van der Waals surface area (Å²) in [6.45, 7) is 1.21. The van der Waals surface area contributed by atoms with Gasteiger partial charge in [-0.15, -0.1) is 0 Å². The minimum absolute atomic E-state index is 0.00294. The van der Waals surface area contributed by atoms with Crippen molar-refractivity contribution in [1.82, 2.24) is 9.97 Å². The van der Waals surface area contributed by atoms with Gasteiger partial charge in [0.1, 0.15) is 5.82 Å². The first-order chi connectivity index (χ1) is 12.6. The van der Waals surface area contributed by atoms with Crippen molar-refractivity contribution >= 4 is 44.3 Å². The van der Waals surface area contributed by atoms with Gasteiger partial charge in [0, 0.05) is 22.3 Å². The molecule has 6 nitrogen and oxygen atoms in total. The lowest BCUT2D eigenvalue weighted by Gasteiger charge is -2.25. The van der Waals surface area contributed by atoms with Crippen molar-refractivity contribution in [2.24, 2.45) is 5.84 Å². The number of nitrogens with one attached hydrogen (secondary N) is 1. The van der Waals surface area contributed by atoms with Crippen LogP contribution in [0, 0.1) is 11.6 Å². The van der Waals surface area contributed by atoms with Crippen LogP contribution in [-0.2, 0) is 11.3 Å². The van der Waals surface area contributed by atoms with Crippen LogP contribution in [0.15, 0.2) is 34.8 Å². The summed E-state index contributed by atoms with van der Waals surface area (Å²) < 4.78 is 35.0. The molecule has 0 amide bonds. The molecule has 0 saturated heterocycles. The van der Waals surface area contributed by atoms with Crippen LogP contribution in [0.3, 0.4) is 0 Å². The summed E-state index contributed by atoms with van der Waals surface area (Å²) in [5, 5.41) is -0.00294. The first-order valence-electron chi connectivity index (χ1n) is 7.85. The van der Waals surface area contributed by atoms with Gasteiger partial charge in [0.25, 0.3) is 0 Å². The maximum atomic E-state index is 14.6. The van der Waals surface area contributed by atoms with E-state index in [1.165, 1.54) is 6.07 Å². The van der Waals surface area contributed by atoms with Gasteiger partial charge in [-0.25, -0.2) is 19.6 Å². The highest BCUT2D eigenvalue weighted by molar-refractivity contribution is 9.10. The quantitative estimate of drug-likeness (QED) is 0.486. The molecule has 0 saturated carbocycles. The van der Waals surface area contributed by atoms with Gasteiger partial charge in [-0.3, -0.25) is 5.43 Å². The van der Waals surface area contributed by atoms with E-state index in [0.717, 1.165) is 21.8 Å². The zero-order valence-electron chi connectivity index (χ0n) is 13.5. The van der Waals surface area contributed by atoms with Crippen LogP contribution >= 0.6 is 15.9 Å². The summed E-state index contributed by atoms with van der Waals surface area (Å²) in [6.07, 6.45) is 0. The fourth-order valence-corrected chi connectivity index (χ4v) is 3.49. The van der Waals surface area contributed by atoms with Gasteiger partial charge in [0.2, 0.25) is 5.95 Å². The lowest BCUT2D eigenvalue weighted by molar-refractivity contribution is 0.133. The number of aromatic nitrogens is 2. The summed E-state index contributed by atoms with van der Waals surface area (Å²) in [4.78, 5) is 10.2. The number of fused-ring (bicyclic) bond motifs is 2. The third kappa shape index (κ3) is 2.77. The Morgan fingerprint density at radius 3 is 2.85 bits per heavy atom. The number of nitrogens with zero attached hydrogens (tertiary/aromatic N) is 3. The molecule has 0 atom stereocenters. The number of ether oxygens (including phenoxy) is 1. The molecule has 26 heavy (non-hydrogen) atoms. The highest BCUT2D eigenvalue weighted by Crippen LogP contribution is 2.38. The van der Waals surface area contributed by atoms with Gasteiger partial charge in [-0.05, 0) is 24.3 Å². The van der Waals surface area contributed by atoms with Crippen LogP contribution in [0.25, 0.3) is 10.9 Å². The number of hydrogen-bond acceptors (Lipinski definition) is 6. The van der Waals surface area contributed by atoms with Crippen molar-refractivity contribution in [3.63, 3.8) is 0 Å². The molecule has 0 bridgehead atoms. The average Bonchev–Trinajstić information content (AvgIpc) is 2.87. The van der Waals surface area contributed by atoms with Crippen LogP contribution in [0.2, 0.25) is 0 Å². The molecule has 1 aromatic heterocycles. The Morgan fingerprint density at radius 2 is 2.04 bits per heavy atom. The second-order valence-corrected chi connectivity index (χ2v) is 6.57. The molecule has 4 rings (SSSR count). The average molecular weight is 422 g/mol. The molecule has 0 fully saturated rings. The van der Waals surface area contributed by atoms with E-state index >= 15 is 0 Å². The minimum atomic E-state index is -0.997. The topological polar surface area (TPSA) is 76.3 Å². The molecule has 2 heterocycles. The highest BCUT2D eigenvalue weighted by atomic mass is 79.9. The summed E-state index contributed by atoms with van der Waals surface area (Å²) in [5.74, 6) is 3.84. The maximum absolute atomic E-state index is 14.6. The molecule has 3 N–H and O–H groups in total. The normalized spacial score (nSPS) is 14.2. The van der Waals surface area contributed by atoms with Crippen molar-refractivity contribution in [3.8, 4) is 0 Å². The zero-order chi connectivity index (χ0) is 18.3. The molecule has 3 aromatic rings. The number of benzene rings is 2. The van der Waals surface area contributed by atoms with Crippen LogP contribution in [0.4, 0.5) is 26.2 Å². The van der Waals surface area contributed by atoms with Gasteiger partial charge < -0.3 is 9.64 Å². The Balaban J connectivity index is 2.02. The van der Waals surface area contributed by atoms with Gasteiger partial charge in [-0.1, -0.05) is 22.0 Å². The lowest BCUT2D eigenvalue weighted by Crippen LogP contribution is -2.23. The van der Waals surface area contributed by atoms with Gasteiger partial charge >= 0.3 is 0 Å². The van der Waals surface area contributed by atoms with Crippen LogP contribution in [0.1, 0.15) is 5.56 Å². The largest absolute Gasteiger partial charge is 0.375 e. The Morgan fingerprint density at radius 1 is 1.19 bits per heavy atom. The van der Waals surface area contributed by atoms with Crippen molar-refractivity contribution in [2.45, 2.75) is 6.61 Å². The Labute approximate surface area is 156 Å². The molecule has 0 radical (unpaired) electrons. The number of nitrogens with two attached hydrogens (primary N) is 1. The molecular weight excluding hydrogens is 408 g/mol. The summed E-state index contributed by atoms with van der Waals surface area (Å²) >= 11 is 3.51.